The summed E-state index contributed by atoms with van der Waals surface area (Å²) in [6, 6.07) is 5.87. The van der Waals surface area contributed by atoms with Crippen LogP contribution in [0.4, 0.5) is 5.69 Å². The van der Waals surface area contributed by atoms with Crippen LogP contribution in [-0.4, -0.2) is 18.9 Å². The summed E-state index contributed by atoms with van der Waals surface area (Å²) in [6.45, 7) is 1.62. The maximum Gasteiger partial charge on any atom is 0.227 e. The number of nitrogens with one attached hydrogen (secondary N) is 1. The zero-order valence-electron chi connectivity index (χ0n) is 9.66. The van der Waals surface area contributed by atoms with Gasteiger partial charge in [-0.2, -0.15) is 0 Å². The van der Waals surface area contributed by atoms with E-state index >= 15 is 0 Å². The van der Waals surface area contributed by atoms with Crippen molar-refractivity contribution in [3.63, 3.8) is 0 Å². The summed E-state index contributed by atoms with van der Waals surface area (Å²) < 4.78 is 5.35. The molecular formula is C14H15NO2. The third-order valence-electron chi connectivity index (χ3n) is 3.27. The molecule has 0 radical (unpaired) electrons. The molecule has 0 spiro atoms. The lowest BCUT2D eigenvalue weighted by atomic mass is 9.94. The van der Waals surface area contributed by atoms with Crippen molar-refractivity contribution >= 4 is 11.5 Å². The van der Waals surface area contributed by atoms with Gasteiger partial charge in [0.2, 0.25) is 5.78 Å². The molecule has 1 aromatic carbocycles. The second-order valence-corrected chi connectivity index (χ2v) is 4.40. The summed E-state index contributed by atoms with van der Waals surface area (Å²) in [7, 11) is 0. The van der Waals surface area contributed by atoms with Crippen LogP contribution in [0.5, 0.6) is 0 Å². The number of rotatable bonds is 2. The van der Waals surface area contributed by atoms with Crippen LogP contribution in [0.15, 0.2) is 30.0 Å². The fourth-order valence-electron chi connectivity index (χ4n) is 2.43. The number of hydrogen-bond donors (Lipinski definition) is 1. The van der Waals surface area contributed by atoms with Crippen LogP contribution >= 0.6 is 0 Å². The van der Waals surface area contributed by atoms with E-state index in [-0.39, 0.29) is 5.78 Å². The van der Waals surface area contributed by atoms with Gasteiger partial charge in [0.05, 0.1) is 6.61 Å². The Hall–Kier alpha value is -1.77. The second-order valence-electron chi connectivity index (χ2n) is 4.40. The first kappa shape index (κ1) is 10.4. The first-order chi connectivity index (χ1) is 8.36. The lowest BCUT2D eigenvalue weighted by Gasteiger charge is -2.20. The quantitative estimate of drug-likeness (QED) is 0.792. The molecule has 1 aromatic rings. The molecule has 0 amide bonds. The van der Waals surface area contributed by atoms with Crippen molar-refractivity contribution in [2.75, 3.05) is 18.5 Å². The van der Waals surface area contributed by atoms with Crippen molar-refractivity contribution in [2.45, 2.75) is 19.3 Å². The number of allylic oxidation sites excluding steroid dienone is 1. The van der Waals surface area contributed by atoms with Crippen LogP contribution in [0.3, 0.4) is 0 Å². The van der Waals surface area contributed by atoms with Crippen molar-refractivity contribution in [3.05, 3.63) is 41.2 Å². The molecule has 88 valence electrons. The minimum absolute atomic E-state index is 0.0306. The number of carbonyl (C=O) groups excluding carboxylic acids is 1. The average Bonchev–Trinajstić information content (AvgIpc) is 2.91. The van der Waals surface area contributed by atoms with Crippen LogP contribution < -0.4 is 5.32 Å². The monoisotopic (exact) mass is 229 g/mol. The molecule has 0 saturated heterocycles. The Morgan fingerprint density at radius 3 is 3.12 bits per heavy atom. The van der Waals surface area contributed by atoms with Gasteiger partial charge in [-0.3, -0.25) is 4.79 Å². The van der Waals surface area contributed by atoms with E-state index in [9.17, 15) is 4.79 Å². The van der Waals surface area contributed by atoms with Gasteiger partial charge in [0.1, 0.15) is 0 Å². The minimum atomic E-state index is 0.0306. The molecule has 0 saturated carbocycles. The van der Waals surface area contributed by atoms with Gasteiger partial charge in [0.25, 0.3) is 0 Å². The van der Waals surface area contributed by atoms with E-state index in [1.165, 1.54) is 0 Å². The average molecular weight is 229 g/mol. The lowest BCUT2D eigenvalue weighted by Crippen LogP contribution is -2.16. The SMILES string of the molecule is O=C(C1=CCCO1)c1cccc2c1CCCN2. The molecule has 0 aliphatic carbocycles. The highest BCUT2D eigenvalue weighted by molar-refractivity contribution is 6.09. The Bertz CT molecular complexity index is 491. The summed E-state index contributed by atoms with van der Waals surface area (Å²) in [6.07, 6.45) is 4.78. The minimum Gasteiger partial charge on any atom is -0.489 e. The maximum absolute atomic E-state index is 12.3. The largest absolute Gasteiger partial charge is 0.489 e. The van der Waals surface area contributed by atoms with E-state index in [1.807, 2.05) is 24.3 Å². The van der Waals surface area contributed by atoms with Gasteiger partial charge in [0, 0.05) is 24.2 Å². The molecule has 2 aliphatic rings. The number of hydrogen-bond acceptors (Lipinski definition) is 3. The van der Waals surface area contributed by atoms with Gasteiger partial charge in [-0.15, -0.1) is 0 Å². The molecule has 3 nitrogen and oxygen atoms in total. The summed E-state index contributed by atoms with van der Waals surface area (Å²) in [4.78, 5) is 12.3. The number of ether oxygens (including phenoxy) is 1. The van der Waals surface area contributed by atoms with E-state index in [1.54, 1.807) is 0 Å². The normalized spacial score (nSPS) is 17.8. The second kappa shape index (κ2) is 4.24. The van der Waals surface area contributed by atoms with Gasteiger partial charge in [-0.05, 0) is 30.5 Å². The van der Waals surface area contributed by atoms with Crippen molar-refractivity contribution in [1.82, 2.24) is 0 Å². The van der Waals surface area contributed by atoms with Crippen molar-refractivity contribution in [2.24, 2.45) is 0 Å². The lowest BCUT2D eigenvalue weighted by molar-refractivity contribution is 0.0941. The third kappa shape index (κ3) is 1.82. The number of benzene rings is 1. The molecule has 2 aliphatic heterocycles. The van der Waals surface area contributed by atoms with Crippen molar-refractivity contribution in [3.8, 4) is 0 Å². The number of fused-ring (bicyclic) bond motifs is 1. The summed E-state index contributed by atoms with van der Waals surface area (Å²) in [5, 5.41) is 3.34. The van der Waals surface area contributed by atoms with Crippen LogP contribution in [0.1, 0.15) is 28.8 Å². The Balaban J connectivity index is 1.99. The first-order valence-electron chi connectivity index (χ1n) is 6.09. The zero-order valence-corrected chi connectivity index (χ0v) is 9.66. The molecular weight excluding hydrogens is 214 g/mol. The molecule has 0 aromatic heterocycles. The highest BCUT2D eigenvalue weighted by Gasteiger charge is 2.22. The fourth-order valence-corrected chi connectivity index (χ4v) is 2.43. The van der Waals surface area contributed by atoms with Crippen molar-refractivity contribution in [1.29, 1.82) is 0 Å². The van der Waals surface area contributed by atoms with Gasteiger partial charge in [0.15, 0.2) is 5.76 Å². The van der Waals surface area contributed by atoms with E-state index in [4.69, 9.17) is 4.74 Å². The van der Waals surface area contributed by atoms with E-state index in [0.29, 0.717) is 12.4 Å². The van der Waals surface area contributed by atoms with Gasteiger partial charge < -0.3 is 10.1 Å². The Morgan fingerprint density at radius 1 is 1.35 bits per heavy atom. The van der Waals surface area contributed by atoms with Crippen LogP contribution in [-0.2, 0) is 11.2 Å². The highest BCUT2D eigenvalue weighted by Crippen LogP contribution is 2.28. The first-order valence-corrected chi connectivity index (χ1v) is 6.09. The standard InChI is InChI=1S/C14H15NO2/c16-14(13-7-3-9-17-13)11-4-1-6-12-10(11)5-2-8-15-12/h1,4,6-7,15H,2-3,5,8-9H2. The van der Waals surface area contributed by atoms with E-state index < -0.39 is 0 Å². The molecule has 0 atom stereocenters. The molecule has 0 fully saturated rings. The van der Waals surface area contributed by atoms with E-state index in [2.05, 4.69) is 5.32 Å². The Labute approximate surface area is 100 Å². The Kier molecular flexibility index (Phi) is 2.59. The predicted molar refractivity (Wildman–Crippen MR) is 66.2 cm³/mol. The summed E-state index contributed by atoms with van der Waals surface area (Å²) in [5.41, 5.74) is 3.03. The zero-order chi connectivity index (χ0) is 11.7. The number of Topliss-reactive ketones (excluding diaryl/α,β-unsaturated/α-hetero) is 1. The van der Waals surface area contributed by atoms with Crippen LogP contribution in [0, 0.1) is 0 Å². The third-order valence-corrected chi connectivity index (χ3v) is 3.27. The van der Waals surface area contributed by atoms with Gasteiger partial charge in [-0.1, -0.05) is 12.1 Å². The highest BCUT2D eigenvalue weighted by atomic mass is 16.5. The molecule has 2 heterocycles. The molecule has 1 N–H and O–H groups in total. The predicted octanol–water partition coefficient (Wildman–Crippen LogP) is 2.53. The van der Waals surface area contributed by atoms with Crippen molar-refractivity contribution < 1.29 is 9.53 Å². The molecule has 0 unspecified atom stereocenters. The maximum atomic E-state index is 12.3. The van der Waals surface area contributed by atoms with Crippen LogP contribution in [0.2, 0.25) is 0 Å². The molecule has 0 bridgehead atoms. The fraction of sp³-hybridized carbons (Fsp3) is 0.357. The summed E-state index contributed by atoms with van der Waals surface area (Å²) >= 11 is 0. The number of carbonyl (C=O) groups is 1. The molecule has 17 heavy (non-hydrogen) atoms. The molecule has 3 heteroatoms. The summed E-state index contributed by atoms with van der Waals surface area (Å²) in [5.74, 6) is 0.548. The smallest absolute Gasteiger partial charge is 0.227 e. The van der Waals surface area contributed by atoms with E-state index in [0.717, 1.165) is 42.6 Å². The topological polar surface area (TPSA) is 38.3 Å². The van der Waals surface area contributed by atoms with Crippen LogP contribution in [0.25, 0.3) is 0 Å². The number of anilines is 1. The van der Waals surface area contributed by atoms with Gasteiger partial charge in [-0.25, -0.2) is 0 Å². The van der Waals surface area contributed by atoms with Gasteiger partial charge >= 0.3 is 0 Å². The number of ketones is 1. The Morgan fingerprint density at radius 2 is 2.29 bits per heavy atom. The molecule has 3 rings (SSSR count).